The minimum Gasteiger partial charge on any atom is -0.481 e. The second-order valence-corrected chi connectivity index (χ2v) is 6.27. The number of carboxylic acids is 1. The van der Waals surface area contributed by atoms with Crippen LogP contribution in [0.1, 0.15) is 17.5 Å². The molecule has 144 valence electrons. The lowest BCUT2D eigenvalue weighted by molar-refractivity contribution is -0.136. The van der Waals surface area contributed by atoms with Gasteiger partial charge in [0.15, 0.2) is 11.1 Å². The topological polar surface area (TPSA) is 127 Å². The van der Waals surface area contributed by atoms with Crippen LogP contribution in [0.5, 0.6) is 0 Å². The van der Waals surface area contributed by atoms with Gasteiger partial charge < -0.3 is 21.1 Å². The van der Waals surface area contributed by atoms with E-state index in [0.717, 1.165) is 25.9 Å². The fourth-order valence-electron chi connectivity index (χ4n) is 1.80. The highest BCUT2D eigenvalue weighted by atomic mass is 32.2. The molecule has 2 aromatic rings. The smallest absolute Gasteiger partial charge is 0.304 e. The maximum Gasteiger partial charge on any atom is 0.304 e. The van der Waals surface area contributed by atoms with E-state index in [-0.39, 0.29) is 12.2 Å². The summed E-state index contributed by atoms with van der Waals surface area (Å²) in [7, 11) is 0. The van der Waals surface area contributed by atoms with Crippen molar-refractivity contribution in [3.05, 3.63) is 71.8 Å². The minimum absolute atomic E-state index is 0.185. The summed E-state index contributed by atoms with van der Waals surface area (Å²) in [5.41, 5.74) is 13.4. The average molecular weight is 381 g/mol. The summed E-state index contributed by atoms with van der Waals surface area (Å²) in [5, 5.41) is 7.92. The van der Waals surface area contributed by atoms with E-state index >= 15 is 0 Å². The lowest BCUT2D eigenvalue weighted by Gasteiger charge is -1.93. The van der Waals surface area contributed by atoms with E-state index in [4.69, 9.17) is 21.1 Å². The molecule has 1 unspecified atom stereocenters. The molecule has 0 aliphatic rings. The zero-order valence-electron chi connectivity index (χ0n) is 14.8. The van der Waals surface area contributed by atoms with Crippen molar-refractivity contribution in [1.29, 1.82) is 0 Å². The molecule has 0 bridgehead atoms. The Kier molecular flexibility index (Phi) is 15.1. The van der Waals surface area contributed by atoms with E-state index in [0.29, 0.717) is 0 Å². The molecular formula is C19H28N2O4S. The molecule has 26 heavy (non-hydrogen) atoms. The van der Waals surface area contributed by atoms with Crippen LogP contribution < -0.4 is 11.5 Å². The van der Waals surface area contributed by atoms with Crippen molar-refractivity contribution < 1.29 is 18.7 Å². The molecule has 6 N–H and O–H groups in total. The van der Waals surface area contributed by atoms with Crippen molar-refractivity contribution in [2.45, 2.75) is 19.3 Å². The number of nitrogens with two attached hydrogens (primary N) is 2. The monoisotopic (exact) mass is 380 g/mol. The van der Waals surface area contributed by atoms with E-state index in [2.05, 4.69) is 24.3 Å². The van der Waals surface area contributed by atoms with Gasteiger partial charge >= 0.3 is 5.97 Å². The van der Waals surface area contributed by atoms with Gasteiger partial charge in [-0.1, -0.05) is 60.7 Å². The van der Waals surface area contributed by atoms with Crippen LogP contribution in [0.25, 0.3) is 0 Å². The zero-order valence-corrected chi connectivity index (χ0v) is 15.6. The highest BCUT2D eigenvalue weighted by molar-refractivity contribution is 7.79. The maximum atomic E-state index is 9.75. The van der Waals surface area contributed by atoms with Crippen LogP contribution in [0.4, 0.5) is 0 Å². The molecule has 0 radical (unpaired) electrons. The van der Waals surface area contributed by atoms with Gasteiger partial charge in [-0.15, -0.1) is 0 Å². The molecule has 1 atom stereocenters. The number of carboxylic acid groups (broad SMARTS) is 1. The molecule has 0 aliphatic heterocycles. The fraction of sp³-hybridized carbons (Fsp3) is 0.316. The number of hydrogen-bond acceptors (Lipinski definition) is 4. The number of benzene rings is 2. The summed E-state index contributed by atoms with van der Waals surface area (Å²) in [6.45, 7) is 1.48. The number of aliphatic carboxylic acids is 1. The Morgan fingerprint density at radius 2 is 1.23 bits per heavy atom. The van der Waals surface area contributed by atoms with Gasteiger partial charge in [0.1, 0.15) is 0 Å². The lowest BCUT2D eigenvalue weighted by atomic mass is 10.2. The summed E-state index contributed by atoms with van der Waals surface area (Å²) in [4.78, 5) is 9.66. The lowest BCUT2D eigenvalue weighted by Crippen LogP contribution is -2.02. The molecule has 0 amide bonds. The zero-order chi connectivity index (χ0) is 19.6. The van der Waals surface area contributed by atoms with Crippen LogP contribution in [-0.2, 0) is 28.7 Å². The van der Waals surface area contributed by atoms with Gasteiger partial charge in [-0.05, 0) is 37.1 Å². The molecule has 0 heterocycles. The molecule has 0 aliphatic carbocycles. The predicted molar refractivity (Wildman–Crippen MR) is 106 cm³/mol. The van der Waals surface area contributed by atoms with Crippen molar-refractivity contribution in [1.82, 2.24) is 0 Å². The molecule has 0 aromatic heterocycles. The largest absolute Gasteiger partial charge is 0.481 e. The first kappa shape index (κ1) is 23.9. The second-order valence-electron chi connectivity index (χ2n) is 5.22. The molecule has 0 spiro atoms. The van der Waals surface area contributed by atoms with E-state index in [1.165, 1.54) is 11.1 Å². The Morgan fingerprint density at radius 1 is 0.846 bits per heavy atom. The summed E-state index contributed by atoms with van der Waals surface area (Å²) >= 11 is -1.97. The fourth-order valence-corrected chi connectivity index (χ4v) is 2.15. The number of carbonyl (C=O) groups is 1. The summed E-state index contributed by atoms with van der Waals surface area (Å²) in [6, 6.07) is 20.5. The van der Waals surface area contributed by atoms with Crippen LogP contribution >= 0.6 is 0 Å². The third kappa shape index (κ3) is 15.5. The normalized spacial score (nSPS) is 10.6. The van der Waals surface area contributed by atoms with Crippen molar-refractivity contribution in [2.75, 3.05) is 18.8 Å². The maximum absolute atomic E-state index is 9.75. The summed E-state index contributed by atoms with van der Waals surface area (Å²) in [6.07, 6.45) is 1.73. The Bertz CT molecular complexity index is 554. The second kappa shape index (κ2) is 16.4. The molecule has 0 saturated carbocycles. The molecule has 6 nitrogen and oxygen atoms in total. The first-order chi connectivity index (χ1) is 12.5. The van der Waals surface area contributed by atoms with Gasteiger partial charge in [0.2, 0.25) is 0 Å². The molecule has 2 aromatic carbocycles. The van der Waals surface area contributed by atoms with Crippen LogP contribution in [0.3, 0.4) is 0 Å². The SMILES string of the molecule is NCCc1ccccc1.NCCc1ccccc1.O=C(O)CCS(=O)O. The van der Waals surface area contributed by atoms with Crippen LogP contribution in [0.15, 0.2) is 60.7 Å². The molecule has 0 fully saturated rings. The Morgan fingerprint density at radius 3 is 1.46 bits per heavy atom. The van der Waals surface area contributed by atoms with Crippen LogP contribution in [0.2, 0.25) is 0 Å². The number of hydrogen-bond donors (Lipinski definition) is 4. The van der Waals surface area contributed by atoms with Gasteiger partial charge in [0.25, 0.3) is 0 Å². The molecule has 0 saturated heterocycles. The quantitative estimate of drug-likeness (QED) is 0.545. The summed E-state index contributed by atoms with van der Waals surface area (Å²) < 4.78 is 17.8. The summed E-state index contributed by atoms with van der Waals surface area (Å²) in [5.74, 6) is -1.23. The van der Waals surface area contributed by atoms with Crippen molar-refractivity contribution in [3.8, 4) is 0 Å². The molecule has 7 heteroatoms. The van der Waals surface area contributed by atoms with Crippen molar-refractivity contribution in [2.24, 2.45) is 11.5 Å². The highest BCUT2D eigenvalue weighted by Crippen LogP contribution is 1.97. The van der Waals surface area contributed by atoms with E-state index in [1.807, 2.05) is 36.4 Å². The van der Waals surface area contributed by atoms with Crippen LogP contribution in [-0.4, -0.2) is 38.7 Å². The third-order valence-electron chi connectivity index (χ3n) is 3.04. The average Bonchev–Trinajstić information content (AvgIpc) is 2.63. The first-order valence-electron chi connectivity index (χ1n) is 8.26. The van der Waals surface area contributed by atoms with E-state index in [9.17, 15) is 9.00 Å². The van der Waals surface area contributed by atoms with Crippen molar-refractivity contribution in [3.63, 3.8) is 0 Å². The Labute approximate surface area is 157 Å². The predicted octanol–water partition coefficient (Wildman–Crippen LogP) is 2.06. The first-order valence-corrected chi connectivity index (χ1v) is 9.54. The van der Waals surface area contributed by atoms with Gasteiger partial charge in [-0.25, -0.2) is 4.21 Å². The standard InChI is InChI=1S/2C8H11N.C3H6O4S/c2*9-7-6-8-4-2-1-3-5-8;4-3(5)1-2-8(6)7/h2*1-5H,6-7,9H2;1-2H2,(H,4,5)(H,6,7). The Hall–Kier alpha value is -2.06. The van der Waals surface area contributed by atoms with E-state index < -0.39 is 17.0 Å². The highest BCUT2D eigenvalue weighted by Gasteiger charge is 1.98. The van der Waals surface area contributed by atoms with Gasteiger partial charge in [-0.3, -0.25) is 4.79 Å². The molecular weight excluding hydrogens is 352 g/mol. The van der Waals surface area contributed by atoms with Crippen molar-refractivity contribution >= 4 is 17.0 Å². The van der Waals surface area contributed by atoms with Gasteiger partial charge in [-0.2, -0.15) is 0 Å². The Balaban J connectivity index is 0.000000362. The minimum atomic E-state index is -1.97. The van der Waals surface area contributed by atoms with Gasteiger partial charge in [0, 0.05) is 0 Å². The van der Waals surface area contributed by atoms with E-state index in [1.54, 1.807) is 0 Å². The van der Waals surface area contributed by atoms with Gasteiger partial charge in [0.05, 0.1) is 12.2 Å². The van der Waals surface area contributed by atoms with Crippen LogP contribution in [0, 0.1) is 0 Å². The third-order valence-corrected chi connectivity index (χ3v) is 3.60. The number of rotatable bonds is 7. The molecule has 2 rings (SSSR count).